The van der Waals surface area contributed by atoms with Crippen LogP contribution in [0.15, 0.2) is 30.3 Å². The molecule has 1 aliphatic rings. The molecule has 0 saturated carbocycles. The van der Waals surface area contributed by atoms with Gasteiger partial charge in [0.1, 0.15) is 11.9 Å². The fraction of sp³-hybridized carbons (Fsp3) is 0.500. The number of piperidine rings is 1. The topological polar surface area (TPSA) is 81.1 Å². The molecule has 1 aliphatic heterocycles. The number of carbonyl (C=O) groups excluding carboxylic acids is 1. The second-order valence-corrected chi connectivity index (χ2v) is 6.40. The van der Waals surface area contributed by atoms with Gasteiger partial charge in [-0.25, -0.2) is 4.68 Å². The Morgan fingerprint density at radius 3 is 2.80 bits per heavy atom. The van der Waals surface area contributed by atoms with Crippen LogP contribution in [0.25, 0.3) is 0 Å². The molecule has 0 bridgehead atoms. The highest BCUT2D eigenvalue weighted by Gasteiger charge is 2.23. The van der Waals surface area contributed by atoms with Crippen molar-refractivity contribution in [2.45, 2.75) is 38.8 Å². The summed E-state index contributed by atoms with van der Waals surface area (Å²) in [6.45, 7) is 6.18. The third-order valence-electron chi connectivity index (χ3n) is 4.43. The second kappa shape index (κ2) is 8.11. The van der Waals surface area contributed by atoms with Crippen molar-refractivity contribution >= 4 is 5.91 Å². The van der Waals surface area contributed by atoms with Crippen LogP contribution in [-0.2, 0) is 0 Å². The number of hydrogen-bond donors (Lipinski definition) is 2. The molecule has 25 heavy (non-hydrogen) atoms. The molecular formula is C18H25N5O2. The summed E-state index contributed by atoms with van der Waals surface area (Å²) in [5, 5.41) is 14.5. The van der Waals surface area contributed by atoms with Crippen molar-refractivity contribution in [3.05, 3.63) is 41.7 Å². The van der Waals surface area contributed by atoms with Crippen molar-refractivity contribution in [2.75, 3.05) is 19.6 Å². The normalized spacial score (nSPS) is 16.4. The summed E-state index contributed by atoms with van der Waals surface area (Å²) in [6.07, 6.45) is 1.88. The molecule has 134 valence electrons. The van der Waals surface area contributed by atoms with Crippen LogP contribution in [-0.4, -0.2) is 46.6 Å². The van der Waals surface area contributed by atoms with E-state index >= 15 is 0 Å². The van der Waals surface area contributed by atoms with Crippen LogP contribution >= 0.6 is 0 Å². The number of para-hydroxylation sites is 1. The SMILES string of the molecule is Cc1c(C(=O)NCC(C)Oc2ccccc2)nnn1C1CCNCC1. The summed E-state index contributed by atoms with van der Waals surface area (Å²) >= 11 is 0. The number of rotatable bonds is 6. The Kier molecular flexibility index (Phi) is 5.65. The van der Waals surface area contributed by atoms with E-state index in [-0.39, 0.29) is 12.0 Å². The Morgan fingerprint density at radius 1 is 1.36 bits per heavy atom. The van der Waals surface area contributed by atoms with Crippen molar-refractivity contribution in [2.24, 2.45) is 0 Å². The molecular weight excluding hydrogens is 318 g/mol. The Bertz CT molecular complexity index is 695. The van der Waals surface area contributed by atoms with Crippen molar-refractivity contribution in [3.63, 3.8) is 0 Å². The molecule has 7 heteroatoms. The van der Waals surface area contributed by atoms with Gasteiger partial charge in [0.05, 0.1) is 18.3 Å². The van der Waals surface area contributed by atoms with E-state index in [1.54, 1.807) is 0 Å². The number of ether oxygens (including phenoxy) is 1. The number of aromatic nitrogens is 3. The highest BCUT2D eigenvalue weighted by Crippen LogP contribution is 2.20. The number of benzene rings is 1. The molecule has 3 rings (SSSR count). The van der Waals surface area contributed by atoms with Gasteiger partial charge in [-0.3, -0.25) is 4.79 Å². The zero-order chi connectivity index (χ0) is 17.6. The van der Waals surface area contributed by atoms with Crippen LogP contribution < -0.4 is 15.4 Å². The average Bonchev–Trinajstić information content (AvgIpc) is 3.03. The Balaban J connectivity index is 1.55. The molecule has 1 atom stereocenters. The molecule has 0 radical (unpaired) electrons. The number of amides is 1. The lowest BCUT2D eigenvalue weighted by molar-refractivity contribution is 0.0926. The highest BCUT2D eigenvalue weighted by atomic mass is 16.5. The summed E-state index contributed by atoms with van der Waals surface area (Å²) < 4.78 is 7.66. The monoisotopic (exact) mass is 343 g/mol. The third-order valence-corrected chi connectivity index (χ3v) is 4.43. The maximum Gasteiger partial charge on any atom is 0.273 e. The van der Waals surface area contributed by atoms with Gasteiger partial charge in [-0.05, 0) is 51.9 Å². The van der Waals surface area contributed by atoms with Gasteiger partial charge in [0.15, 0.2) is 5.69 Å². The molecule has 1 aromatic carbocycles. The van der Waals surface area contributed by atoms with E-state index in [1.807, 2.05) is 48.9 Å². The zero-order valence-corrected chi connectivity index (χ0v) is 14.7. The summed E-state index contributed by atoms with van der Waals surface area (Å²) in [4.78, 5) is 12.4. The minimum Gasteiger partial charge on any atom is -0.489 e. The van der Waals surface area contributed by atoms with Gasteiger partial charge in [-0.15, -0.1) is 5.10 Å². The van der Waals surface area contributed by atoms with E-state index < -0.39 is 0 Å². The third kappa shape index (κ3) is 4.36. The van der Waals surface area contributed by atoms with Crippen LogP contribution in [0.4, 0.5) is 0 Å². The van der Waals surface area contributed by atoms with Crippen molar-refractivity contribution in [1.29, 1.82) is 0 Å². The minimum absolute atomic E-state index is 0.133. The molecule has 2 heterocycles. The maximum atomic E-state index is 12.4. The maximum absolute atomic E-state index is 12.4. The molecule has 7 nitrogen and oxygen atoms in total. The summed E-state index contributed by atoms with van der Waals surface area (Å²) in [5.41, 5.74) is 1.21. The summed E-state index contributed by atoms with van der Waals surface area (Å²) in [5.74, 6) is 0.582. The molecule has 2 aromatic rings. The first-order valence-corrected chi connectivity index (χ1v) is 8.77. The Morgan fingerprint density at radius 2 is 2.08 bits per heavy atom. The molecule has 0 spiro atoms. The number of nitrogens with zero attached hydrogens (tertiary/aromatic N) is 3. The lowest BCUT2D eigenvalue weighted by Gasteiger charge is -2.23. The highest BCUT2D eigenvalue weighted by molar-refractivity contribution is 5.93. The van der Waals surface area contributed by atoms with E-state index in [1.165, 1.54) is 0 Å². The number of hydrogen-bond acceptors (Lipinski definition) is 5. The lowest BCUT2D eigenvalue weighted by Crippen LogP contribution is -2.34. The van der Waals surface area contributed by atoms with Crippen LogP contribution in [0, 0.1) is 6.92 Å². The molecule has 1 unspecified atom stereocenters. The molecule has 1 amide bonds. The number of nitrogens with one attached hydrogen (secondary N) is 2. The smallest absolute Gasteiger partial charge is 0.273 e. The van der Waals surface area contributed by atoms with Crippen molar-refractivity contribution < 1.29 is 9.53 Å². The van der Waals surface area contributed by atoms with E-state index in [0.717, 1.165) is 37.4 Å². The predicted octanol–water partition coefficient (Wildman–Crippen LogP) is 1.71. The van der Waals surface area contributed by atoms with Crippen LogP contribution in [0.5, 0.6) is 5.75 Å². The first kappa shape index (κ1) is 17.4. The molecule has 1 saturated heterocycles. The lowest BCUT2D eigenvalue weighted by atomic mass is 10.1. The largest absolute Gasteiger partial charge is 0.489 e. The average molecular weight is 343 g/mol. The van der Waals surface area contributed by atoms with Crippen LogP contribution in [0.3, 0.4) is 0 Å². The standard InChI is InChI=1S/C18H25N5O2/c1-13(25-16-6-4-3-5-7-16)12-20-18(24)17-14(2)23(22-21-17)15-8-10-19-11-9-15/h3-7,13,15,19H,8-12H2,1-2H3,(H,20,24). The van der Waals surface area contributed by atoms with Gasteiger partial charge >= 0.3 is 0 Å². The fourth-order valence-corrected chi connectivity index (χ4v) is 3.04. The van der Waals surface area contributed by atoms with Gasteiger partial charge in [0.25, 0.3) is 5.91 Å². The predicted molar refractivity (Wildman–Crippen MR) is 94.8 cm³/mol. The summed E-state index contributed by atoms with van der Waals surface area (Å²) in [6, 6.07) is 9.88. The van der Waals surface area contributed by atoms with Crippen LogP contribution in [0.2, 0.25) is 0 Å². The molecule has 2 N–H and O–H groups in total. The van der Waals surface area contributed by atoms with E-state index in [2.05, 4.69) is 20.9 Å². The molecule has 0 aliphatic carbocycles. The van der Waals surface area contributed by atoms with Gasteiger partial charge < -0.3 is 15.4 Å². The number of carbonyl (C=O) groups is 1. The second-order valence-electron chi connectivity index (χ2n) is 6.40. The fourth-order valence-electron chi connectivity index (χ4n) is 3.04. The Labute approximate surface area is 147 Å². The first-order valence-electron chi connectivity index (χ1n) is 8.77. The van der Waals surface area contributed by atoms with Crippen molar-refractivity contribution in [3.8, 4) is 5.75 Å². The summed E-state index contributed by atoms with van der Waals surface area (Å²) in [7, 11) is 0. The van der Waals surface area contributed by atoms with Gasteiger partial charge in [-0.2, -0.15) is 0 Å². The van der Waals surface area contributed by atoms with Gasteiger partial charge in [-0.1, -0.05) is 23.4 Å². The van der Waals surface area contributed by atoms with Crippen molar-refractivity contribution in [1.82, 2.24) is 25.6 Å². The first-order chi connectivity index (χ1) is 12.1. The van der Waals surface area contributed by atoms with Gasteiger partial charge in [0.2, 0.25) is 0 Å². The minimum atomic E-state index is -0.207. The van der Waals surface area contributed by atoms with E-state index in [4.69, 9.17) is 4.74 Å². The quantitative estimate of drug-likeness (QED) is 0.834. The van der Waals surface area contributed by atoms with E-state index in [0.29, 0.717) is 18.3 Å². The molecule has 1 aromatic heterocycles. The van der Waals surface area contributed by atoms with Crippen LogP contribution in [0.1, 0.15) is 42.0 Å². The zero-order valence-electron chi connectivity index (χ0n) is 14.7. The molecule has 1 fully saturated rings. The van der Waals surface area contributed by atoms with Gasteiger partial charge in [0, 0.05) is 0 Å². The Hall–Kier alpha value is -2.41. The van der Waals surface area contributed by atoms with E-state index in [9.17, 15) is 4.79 Å².